The summed E-state index contributed by atoms with van der Waals surface area (Å²) in [5.74, 6) is -0.796. The maximum atomic E-state index is 13.8. The van der Waals surface area contributed by atoms with Gasteiger partial charge in [-0.15, -0.1) is 0 Å². The molecule has 0 saturated carbocycles. The van der Waals surface area contributed by atoms with Crippen LogP contribution in [0.3, 0.4) is 0 Å². The van der Waals surface area contributed by atoms with E-state index in [1.807, 2.05) is 0 Å². The molecule has 2 rings (SSSR count). The third kappa shape index (κ3) is 2.93. The van der Waals surface area contributed by atoms with Crippen molar-refractivity contribution in [3.63, 3.8) is 0 Å². The summed E-state index contributed by atoms with van der Waals surface area (Å²) in [6.07, 6.45) is 0. The second kappa shape index (κ2) is 5.67. The zero-order valence-electron chi connectivity index (χ0n) is 10.2. The molecule has 0 aliphatic carbocycles. The lowest BCUT2D eigenvalue weighted by Gasteiger charge is -2.15. The van der Waals surface area contributed by atoms with Gasteiger partial charge in [-0.2, -0.15) is 0 Å². The summed E-state index contributed by atoms with van der Waals surface area (Å²) in [5.41, 5.74) is 6.94. The predicted octanol–water partition coefficient (Wildman–Crippen LogP) is 3.78. The molecule has 1 unspecified atom stereocenters. The van der Waals surface area contributed by atoms with Gasteiger partial charge in [-0.3, -0.25) is 0 Å². The van der Waals surface area contributed by atoms with Crippen LogP contribution in [0.15, 0.2) is 40.9 Å². The van der Waals surface area contributed by atoms with Crippen molar-refractivity contribution in [3.8, 4) is 5.75 Å². The highest BCUT2D eigenvalue weighted by atomic mass is 79.9. The van der Waals surface area contributed by atoms with Gasteiger partial charge < -0.3 is 10.5 Å². The van der Waals surface area contributed by atoms with E-state index >= 15 is 0 Å². The van der Waals surface area contributed by atoms with Crippen LogP contribution in [0.2, 0.25) is 0 Å². The molecule has 2 nitrogen and oxygen atoms in total. The van der Waals surface area contributed by atoms with Crippen LogP contribution < -0.4 is 10.5 Å². The van der Waals surface area contributed by atoms with Gasteiger partial charge in [0.05, 0.1) is 13.2 Å². The van der Waals surface area contributed by atoms with Crippen LogP contribution in [0.4, 0.5) is 8.78 Å². The van der Waals surface area contributed by atoms with Crippen molar-refractivity contribution in [1.29, 1.82) is 0 Å². The minimum absolute atomic E-state index is 0.0864. The normalized spacial score (nSPS) is 12.3. The van der Waals surface area contributed by atoms with E-state index in [0.29, 0.717) is 11.1 Å². The Balaban J connectivity index is 2.43. The number of methoxy groups -OCH3 is 1. The Morgan fingerprint density at radius 2 is 1.79 bits per heavy atom. The fourth-order valence-electron chi connectivity index (χ4n) is 1.80. The first-order valence-electron chi connectivity index (χ1n) is 5.57. The van der Waals surface area contributed by atoms with Crippen molar-refractivity contribution < 1.29 is 13.5 Å². The van der Waals surface area contributed by atoms with Gasteiger partial charge in [0, 0.05) is 10.0 Å². The first-order valence-corrected chi connectivity index (χ1v) is 6.36. The topological polar surface area (TPSA) is 35.2 Å². The van der Waals surface area contributed by atoms with Crippen LogP contribution in [-0.2, 0) is 0 Å². The van der Waals surface area contributed by atoms with E-state index in [0.717, 1.165) is 4.47 Å². The molecule has 5 heteroatoms. The molecule has 0 fully saturated rings. The second-order valence-electron chi connectivity index (χ2n) is 4.04. The molecule has 0 aliphatic heterocycles. The summed E-state index contributed by atoms with van der Waals surface area (Å²) < 4.78 is 32.7. The molecule has 2 aromatic carbocycles. The number of hydrogen-bond acceptors (Lipinski definition) is 2. The summed E-state index contributed by atoms with van der Waals surface area (Å²) in [6.45, 7) is 0. The first-order chi connectivity index (χ1) is 9.02. The highest BCUT2D eigenvalue weighted by molar-refractivity contribution is 9.10. The van der Waals surface area contributed by atoms with E-state index in [1.54, 1.807) is 12.1 Å². The average Bonchev–Trinajstić information content (AvgIpc) is 2.41. The van der Waals surface area contributed by atoms with Crippen LogP contribution >= 0.6 is 15.9 Å². The van der Waals surface area contributed by atoms with Gasteiger partial charge in [-0.05, 0) is 35.9 Å². The lowest BCUT2D eigenvalue weighted by Crippen LogP contribution is -2.14. The van der Waals surface area contributed by atoms with Crippen molar-refractivity contribution in [2.75, 3.05) is 7.11 Å². The molecule has 0 aliphatic rings. The Morgan fingerprint density at radius 3 is 2.47 bits per heavy atom. The Labute approximate surface area is 118 Å². The number of benzene rings is 2. The van der Waals surface area contributed by atoms with Gasteiger partial charge in [0.15, 0.2) is 11.6 Å². The number of rotatable bonds is 3. The molecular formula is C14H12BrF2NO. The summed E-state index contributed by atoms with van der Waals surface area (Å²) in [5, 5.41) is 0. The summed E-state index contributed by atoms with van der Waals surface area (Å²) in [7, 11) is 1.37. The summed E-state index contributed by atoms with van der Waals surface area (Å²) in [6, 6.07) is 8.09. The second-order valence-corrected chi connectivity index (χ2v) is 4.95. The minimum atomic E-state index is -0.688. The van der Waals surface area contributed by atoms with Crippen LogP contribution in [0.25, 0.3) is 0 Å². The van der Waals surface area contributed by atoms with Crippen LogP contribution in [0.1, 0.15) is 17.2 Å². The SMILES string of the molecule is COc1cc(C(N)c2cc(Br)ccc2F)ccc1F. The molecule has 2 aromatic rings. The van der Waals surface area contributed by atoms with E-state index in [9.17, 15) is 8.78 Å². The maximum absolute atomic E-state index is 13.8. The zero-order valence-corrected chi connectivity index (χ0v) is 11.7. The third-order valence-corrected chi connectivity index (χ3v) is 3.32. The van der Waals surface area contributed by atoms with Crippen molar-refractivity contribution in [3.05, 3.63) is 63.6 Å². The molecule has 0 radical (unpaired) electrons. The molecule has 1 atom stereocenters. The van der Waals surface area contributed by atoms with E-state index in [-0.39, 0.29) is 5.75 Å². The quantitative estimate of drug-likeness (QED) is 0.931. The Hall–Kier alpha value is -1.46. The van der Waals surface area contributed by atoms with Gasteiger partial charge in [0.1, 0.15) is 5.82 Å². The van der Waals surface area contributed by atoms with Gasteiger partial charge in [0.2, 0.25) is 0 Å². The average molecular weight is 328 g/mol. The number of halogens is 3. The monoisotopic (exact) mass is 327 g/mol. The van der Waals surface area contributed by atoms with E-state index in [1.165, 1.54) is 31.4 Å². The Bertz CT molecular complexity index is 604. The molecule has 0 saturated heterocycles. The van der Waals surface area contributed by atoms with Crippen molar-refractivity contribution >= 4 is 15.9 Å². The fraction of sp³-hybridized carbons (Fsp3) is 0.143. The Morgan fingerprint density at radius 1 is 1.11 bits per heavy atom. The molecular weight excluding hydrogens is 316 g/mol. The molecule has 100 valence electrons. The van der Waals surface area contributed by atoms with Crippen molar-refractivity contribution in [2.24, 2.45) is 5.73 Å². The molecule has 0 amide bonds. The lowest BCUT2D eigenvalue weighted by atomic mass is 9.99. The number of nitrogens with two attached hydrogens (primary N) is 1. The van der Waals surface area contributed by atoms with E-state index in [2.05, 4.69) is 15.9 Å². The molecule has 0 aromatic heterocycles. The maximum Gasteiger partial charge on any atom is 0.165 e. The minimum Gasteiger partial charge on any atom is -0.494 e. The number of ether oxygens (including phenoxy) is 1. The van der Waals surface area contributed by atoms with Crippen molar-refractivity contribution in [2.45, 2.75) is 6.04 Å². The van der Waals surface area contributed by atoms with Crippen LogP contribution in [0.5, 0.6) is 5.75 Å². The fourth-order valence-corrected chi connectivity index (χ4v) is 2.18. The van der Waals surface area contributed by atoms with Crippen LogP contribution in [0, 0.1) is 11.6 Å². The van der Waals surface area contributed by atoms with E-state index in [4.69, 9.17) is 10.5 Å². The third-order valence-electron chi connectivity index (χ3n) is 2.83. The van der Waals surface area contributed by atoms with Gasteiger partial charge in [-0.25, -0.2) is 8.78 Å². The molecule has 0 spiro atoms. The van der Waals surface area contributed by atoms with Gasteiger partial charge in [-0.1, -0.05) is 22.0 Å². The van der Waals surface area contributed by atoms with Gasteiger partial charge >= 0.3 is 0 Å². The highest BCUT2D eigenvalue weighted by Crippen LogP contribution is 2.28. The Kier molecular flexibility index (Phi) is 4.17. The highest BCUT2D eigenvalue weighted by Gasteiger charge is 2.16. The standard InChI is InChI=1S/C14H12BrF2NO/c1-19-13-6-8(2-4-12(13)17)14(18)10-7-9(15)3-5-11(10)16/h2-7,14H,18H2,1H3. The predicted molar refractivity (Wildman–Crippen MR) is 73.1 cm³/mol. The lowest BCUT2D eigenvalue weighted by molar-refractivity contribution is 0.385. The molecule has 0 heterocycles. The number of hydrogen-bond donors (Lipinski definition) is 1. The smallest absolute Gasteiger partial charge is 0.165 e. The summed E-state index contributed by atoms with van der Waals surface area (Å²) >= 11 is 3.27. The molecule has 0 bridgehead atoms. The van der Waals surface area contributed by atoms with Gasteiger partial charge in [0.25, 0.3) is 0 Å². The largest absolute Gasteiger partial charge is 0.494 e. The molecule has 2 N–H and O–H groups in total. The van der Waals surface area contributed by atoms with Crippen LogP contribution in [-0.4, -0.2) is 7.11 Å². The zero-order chi connectivity index (χ0) is 14.0. The van der Waals surface area contributed by atoms with Crippen molar-refractivity contribution in [1.82, 2.24) is 0 Å². The molecule has 19 heavy (non-hydrogen) atoms. The summed E-state index contributed by atoms with van der Waals surface area (Å²) in [4.78, 5) is 0. The van der Waals surface area contributed by atoms with E-state index < -0.39 is 17.7 Å². The first kappa shape index (κ1) is 14.0.